The Morgan fingerprint density at radius 2 is 1.59 bits per heavy atom. The van der Waals surface area contributed by atoms with E-state index in [0.717, 1.165) is 4.90 Å². The number of likely N-dealkylation sites (tertiary alicyclic amines) is 1. The van der Waals surface area contributed by atoms with Crippen molar-refractivity contribution in [2.75, 3.05) is 18.5 Å². The minimum atomic E-state index is -1.28. The van der Waals surface area contributed by atoms with Crippen molar-refractivity contribution < 1.29 is 28.7 Å². The molecule has 3 atom stereocenters. The maximum Gasteiger partial charge on any atom is 0.327 e. The summed E-state index contributed by atoms with van der Waals surface area (Å²) < 4.78 is 11.1. The minimum absolute atomic E-state index is 0.373. The first-order valence-corrected chi connectivity index (χ1v) is 11.3. The number of hydrogen-bond acceptors (Lipinski definition) is 6. The molecular weight excluding hydrogens is 436 g/mol. The summed E-state index contributed by atoms with van der Waals surface area (Å²) in [5.74, 6) is -2.55. The number of nitrogens with one attached hydrogen (secondary N) is 1. The van der Waals surface area contributed by atoms with Crippen molar-refractivity contribution in [2.45, 2.75) is 25.9 Å². The Balaban J connectivity index is 1.50. The van der Waals surface area contributed by atoms with Crippen molar-refractivity contribution in [2.24, 2.45) is 11.8 Å². The summed E-state index contributed by atoms with van der Waals surface area (Å²) in [6.45, 7) is 1.72. The standard InChI is InChI=1S/C26H26N2O6/c1-2-33-21-15-9-8-14-20(21)27-24(30)23(17-10-4-3-5-11-17)34-22(29)16-28-25(31)18-12-6-7-13-19(18)26(28)32/h3-11,14-15,18-19,23H,2,12-13,16H2,1H3,(H,27,30). The van der Waals surface area contributed by atoms with Gasteiger partial charge in [0.25, 0.3) is 5.91 Å². The molecule has 8 nitrogen and oxygen atoms in total. The molecule has 34 heavy (non-hydrogen) atoms. The molecule has 0 spiro atoms. The number of benzene rings is 2. The molecular formula is C26H26N2O6. The van der Waals surface area contributed by atoms with E-state index in [0.29, 0.717) is 36.4 Å². The van der Waals surface area contributed by atoms with Crippen LogP contribution < -0.4 is 10.1 Å². The molecule has 3 amide bonds. The summed E-state index contributed by atoms with van der Waals surface area (Å²) in [5, 5.41) is 2.75. The summed E-state index contributed by atoms with van der Waals surface area (Å²) >= 11 is 0. The first kappa shape index (κ1) is 23.2. The molecule has 2 aliphatic rings. The van der Waals surface area contributed by atoms with Crippen LogP contribution in [0.3, 0.4) is 0 Å². The molecule has 3 unspecified atom stereocenters. The molecule has 1 saturated heterocycles. The third-order valence-electron chi connectivity index (χ3n) is 5.92. The van der Waals surface area contributed by atoms with E-state index in [9.17, 15) is 19.2 Å². The summed E-state index contributed by atoms with van der Waals surface area (Å²) in [5.41, 5.74) is 0.895. The van der Waals surface area contributed by atoms with Crippen molar-refractivity contribution in [1.82, 2.24) is 4.90 Å². The van der Waals surface area contributed by atoms with Crippen LogP contribution in [0.25, 0.3) is 0 Å². The highest BCUT2D eigenvalue weighted by Crippen LogP contribution is 2.35. The zero-order chi connectivity index (χ0) is 24.1. The van der Waals surface area contributed by atoms with Gasteiger partial charge in [-0.15, -0.1) is 0 Å². The number of imide groups is 1. The number of allylic oxidation sites excluding steroid dienone is 2. The third kappa shape index (κ3) is 4.85. The quantitative estimate of drug-likeness (QED) is 0.367. The summed E-state index contributed by atoms with van der Waals surface area (Å²) in [6, 6.07) is 15.5. The Bertz CT molecular complexity index is 1090. The molecule has 1 heterocycles. The normalized spacial score (nSPS) is 20.0. The molecule has 0 aromatic heterocycles. The van der Waals surface area contributed by atoms with Gasteiger partial charge in [-0.2, -0.15) is 0 Å². The highest BCUT2D eigenvalue weighted by atomic mass is 16.5. The van der Waals surface area contributed by atoms with Crippen LogP contribution in [0.4, 0.5) is 5.69 Å². The van der Waals surface area contributed by atoms with Crippen LogP contribution in [-0.2, 0) is 23.9 Å². The molecule has 2 aromatic rings. The van der Waals surface area contributed by atoms with Gasteiger partial charge in [-0.3, -0.25) is 24.1 Å². The van der Waals surface area contributed by atoms with Gasteiger partial charge in [0.15, 0.2) is 0 Å². The van der Waals surface area contributed by atoms with Crippen molar-refractivity contribution in [1.29, 1.82) is 0 Å². The maximum absolute atomic E-state index is 13.2. The van der Waals surface area contributed by atoms with E-state index in [1.165, 1.54) is 0 Å². The number of esters is 1. The number of nitrogens with zero attached hydrogens (tertiary/aromatic N) is 1. The van der Waals surface area contributed by atoms with Crippen LogP contribution in [0, 0.1) is 11.8 Å². The smallest absolute Gasteiger partial charge is 0.327 e. The number of anilines is 1. The monoisotopic (exact) mass is 462 g/mol. The predicted molar refractivity (Wildman–Crippen MR) is 124 cm³/mol. The SMILES string of the molecule is CCOc1ccccc1NC(=O)C(OC(=O)CN1C(=O)C2CC=CCC2C1=O)c1ccccc1. The molecule has 2 aromatic carbocycles. The average molecular weight is 463 g/mol. The lowest BCUT2D eigenvalue weighted by molar-refractivity contribution is -0.159. The van der Waals surface area contributed by atoms with E-state index >= 15 is 0 Å². The van der Waals surface area contributed by atoms with Gasteiger partial charge in [0, 0.05) is 5.56 Å². The maximum atomic E-state index is 13.2. The second kappa shape index (κ2) is 10.3. The van der Waals surface area contributed by atoms with E-state index in [2.05, 4.69) is 5.32 Å². The summed E-state index contributed by atoms with van der Waals surface area (Å²) in [4.78, 5) is 52.3. The largest absolute Gasteiger partial charge is 0.492 e. The number of amides is 3. The summed E-state index contributed by atoms with van der Waals surface area (Å²) in [6.07, 6.45) is 3.44. The van der Waals surface area contributed by atoms with E-state index < -0.39 is 36.4 Å². The summed E-state index contributed by atoms with van der Waals surface area (Å²) in [7, 11) is 0. The lowest BCUT2D eigenvalue weighted by Gasteiger charge is -2.21. The second-order valence-electron chi connectivity index (χ2n) is 8.12. The zero-order valence-corrected chi connectivity index (χ0v) is 18.8. The van der Waals surface area contributed by atoms with Crippen LogP contribution in [0.15, 0.2) is 66.7 Å². The van der Waals surface area contributed by atoms with Gasteiger partial charge < -0.3 is 14.8 Å². The van der Waals surface area contributed by atoms with E-state index in [1.54, 1.807) is 54.6 Å². The Labute approximate surface area is 197 Å². The van der Waals surface area contributed by atoms with Crippen LogP contribution >= 0.6 is 0 Å². The van der Waals surface area contributed by atoms with Crippen LogP contribution in [0.5, 0.6) is 5.75 Å². The van der Waals surface area contributed by atoms with E-state index in [-0.39, 0.29) is 11.8 Å². The molecule has 0 saturated carbocycles. The van der Waals surface area contributed by atoms with E-state index in [1.807, 2.05) is 19.1 Å². The van der Waals surface area contributed by atoms with Gasteiger partial charge in [0.1, 0.15) is 12.3 Å². The number of ether oxygens (including phenoxy) is 2. The number of carbonyl (C=O) groups is 4. The second-order valence-corrected chi connectivity index (χ2v) is 8.12. The van der Waals surface area contributed by atoms with Gasteiger partial charge in [-0.25, -0.2) is 0 Å². The first-order chi connectivity index (χ1) is 16.5. The molecule has 1 N–H and O–H groups in total. The number of fused-ring (bicyclic) bond motifs is 1. The minimum Gasteiger partial charge on any atom is -0.492 e. The van der Waals surface area contributed by atoms with Gasteiger partial charge >= 0.3 is 5.97 Å². The zero-order valence-electron chi connectivity index (χ0n) is 18.8. The highest BCUT2D eigenvalue weighted by Gasteiger charge is 2.48. The molecule has 8 heteroatoms. The molecule has 176 valence electrons. The number of carbonyl (C=O) groups excluding carboxylic acids is 4. The molecule has 1 fully saturated rings. The Morgan fingerprint density at radius 1 is 0.971 bits per heavy atom. The molecule has 0 radical (unpaired) electrons. The first-order valence-electron chi connectivity index (χ1n) is 11.3. The van der Waals surface area contributed by atoms with Crippen molar-refractivity contribution in [3.8, 4) is 5.75 Å². The van der Waals surface area contributed by atoms with Gasteiger partial charge in [-0.05, 0) is 31.9 Å². The van der Waals surface area contributed by atoms with Gasteiger partial charge in [0.05, 0.1) is 24.1 Å². The van der Waals surface area contributed by atoms with Crippen LogP contribution in [-0.4, -0.2) is 41.7 Å². The number of para-hydroxylation sites is 2. The molecule has 1 aliphatic heterocycles. The fourth-order valence-electron chi connectivity index (χ4n) is 4.27. The van der Waals surface area contributed by atoms with Crippen LogP contribution in [0.1, 0.15) is 31.4 Å². The molecule has 0 bridgehead atoms. The van der Waals surface area contributed by atoms with E-state index in [4.69, 9.17) is 9.47 Å². The number of rotatable bonds is 8. The fourth-order valence-corrected chi connectivity index (χ4v) is 4.27. The van der Waals surface area contributed by atoms with Crippen molar-refractivity contribution in [3.63, 3.8) is 0 Å². The van der Waals surface area contributed by atoms with Gasteiger partial charge in [0.2, 0.25) is 17.9 Å². The predicted octanol–water partition coefficient (Wildman–Crippen LogP) is 3.26. The Hall–Kier alpha value is -3.94. The Kier molecular flexibility index (Phi) is 7.06. The third-order valence-corrected chi connectivity index (χ3v) is 5.92. The number of hydrogen-bond donors (Lipinski definition) is 1. The molecule has 1 aliphatic carbocycles. The van der Waals surface area contributed by atoms with Crippen molar-refractivity contribution >= 4 is 29.4 Å². The lowest BCUT2D eigenvalue weighted by atomic mass is 9.85. The highest BCUT2D eigenvalue weighted by molar-refractivity contribution is 6.07. The topological polar surface area (TPSA) is 102 Å². The fraction of sp³-hybridized carbons (Fsp3) is 0.308. The molecule has 4 rings (SSSR count). The van der Waals surface area contributed by atoms with Crippen molar-refractivity contribution in [3.05, 3.63) is 72.3 Å². The van der Waals surface area contributed by atoms with Crippen LogP contribution in [0.2, 0.25) is 0 Å². The average Bonchev–Trinajstić information content (AvgIpc) is 3.09. The lowest BCUT2D eigenvalue weighted by Crippen LogP contribution is -2.38. The Morgan fingerprint density at radius 3 is 2.24 bits per heavy atom. The van der Waals surface area contributed by atoms with Gasteiger partial charge in [-0.1, -0.05) is 54.6 Å².